The van der Waals surface area contributed by atoms with Gasteiger partial charge < -0.3 is 4.42 Å². The van der Waals surface area contributed by atoms with Crippen molar-refractivity contribution in [2.24, 2.45) is 0 Å². The summed E-state index contributed by atoms with van der Waals surface area (Å²) in [5, 5.41) is 8.29. The molecule has 0 aliphatic rings. The first-order chi connectivity index (χ1) is 10.7. The molecule has 3 rings (SSSR count). The fourth-order valence-electron chi connectivity index (χ4n) is 2.39. The standard InChI is InChI=1S/C18H19N3O/c1-14-7-6-10-16(11-14)18-20-19-17(22-18)13-21(2)12-15-8-4-3-5-9-15/h3-11H,12-13H2,1-2H3. The molecule has 0 saturated carbocycles. The van der Waals surface area contributed by atoms with Crippen LogP contribution >= 0.6 is 0 Å². The monoisotopic (exact) mass is 293 g/mol. The van der Waals surface area contributed by atoms with Gasteiger partial charge in [-0.25, -0.2) is 0 Å². The summed E-state index contributed by atoms with van der Waals surface area (Å²) in [6, 6.07) is 18.4. The maximum atomic E-state index is 5.77. The Morgan fingerprint density at radius 2 is 1.77 bits per heavy atom. The Hall–Kier alpha value is -2.46. The molecule has 0 N–H and O–H groups in total. The fourth-order valence-corrected chi connectivity index (χ4v) is 2.39. The van der Waals surface area contributed by atoms with Gasteiger partial charge in [0.05, 0.1) is 6.54 Å². The molecule has 0 saturated heterocycles. The number of hydrogen-bond donors (Lipinski definition) is 0. The summed E-state index contributed by atoms with van der Waals surface area (Å²) >= 11 is 0. The molecule has 0 unspecified atom stereocenters. The first-order valence-electron chi connectivity index (χ1n) is 7.32. The number of hydrogen-bond acceptors (Lipinski definition) is 4. The summed E-state index contributed by atoms with van der Waals surface area (Å²) in [5.41, 5.74) is 3.41. The summed E-state index contributed by atoms with van der Waals surface area (Å²) < 4.78 is 5.77. The van der Waals surface area contributed by atoms with Gasteiger partial charge in [-0.05, 0) is 31.7 Å². The van der Waals surface area contributed by atoms with Crippen molar-refractivity contribution >= 4 is 0 Å². The number of aromatic nitrogens is 2. The molecular weight excluding hydrogens is 274 g/mol. The maximum Gasteiger partial charge on any atom is 0.247 e. The average molecular weight is 293 g/mol. The lowest BCUT2D eigenvalue weighted by Crippen LogP contribution is -2.17. The van der Waals surface area contributed by atoms with Gasteiger partial charge >= 0.3 is 0 Å². The van der Waals surface area contributed by atoms with Crippen LogP contribution < -0.4 is 0 Å². The van der Waals surface area contributed by atoms with Gasteiger partial charge in [-0.15, -0.1) is 10.2 Å². The van der Waals surface area contributed by atoms with E-state index in [9.17, 15) is 0 Å². The number of aryl methyl sites for hydroxylation is 1. The predicted octanol–water partition coefficient (Wildman–Crippen LogP) is 3.68. The molecule has 22 heavy (non-hydrogen) atoms. The molecule has 4 heteroatoms. The Morgan fingerprint density at radius 1 is 0.955 bits per heavy atom. The van der Waals surface area contributed by atoms with Gasteiger partial charge in [0.2, 0.25) is 11.8 Å². The largest absolute Gasteiger partial charge is 0.419 e. The molecule has 0 bridgehead atoms. The molecule has 0 aliphatic carbocycles. The molecule has 0 radical (unpaired) electrons. The third-order valence-electron chi connectivity index (χ3n) is 3.43. The van der Waals surface area contributed by atoms with Crippen molar-refractivity contribution in [2.45, 2.75) is 20.0 Å². The Kier molecular flexibility index (Phi) is 4.30. The first kappa shape index (κ1) is 14.5. The van der Waals surface area contributed by atoms with Gasteiger partial charge in [-0.1, -0.05) is 48.0 Å². The van der Waals surface area contributed by atoms with E-state index in [-0.39, 0.29) is 0 Å². The summed E-state index contributed by atoms with van der Waals surface area (Å²) in [4.78, 5) is 2.16. The lowest BCUT2D eigenvalue weighted by atomic mass is 10.1. The molecule has 4 nitrogen and oxygen atoms in total. The van der Waals surface area contributed by atoms with E-state index in [2.05, 4.69) is 40.2 Å². The van der Waals surface area contributed by atoms with Gasteiger partial charge in [0, 0.05) is 12.1 Å². The first-order valence-corrected chi connectivity index (χ1v) is 7.32. The van der Waals surface area contributed by atoms with Crippen LogP contribution in [0.3, 0.4) is 0 Å². The zero-order valence-electron chi connectivity index (χ0n) is 12.9. The van der Waals surface area contributed by atoms with Gasteiger partial charge in [-0.2, -0.15) is 0 Å². The minimum absolute atomic E-state index is 0.576. The minimum Gasteiger partial charge on any atom is -0.419 e. The van der Waals surface area contributed by atoms with E-state index in [0.717, 1.165) is 12.1 Å². The zero-order valence-corrected chi connectivity index (χ0v) is 12.9. The topological polar surface area (TPSA) is 42.2 Å². The quantitative estimate of drug-likeness (QED) is 0.719. The number of nitrogens with zero attached hydrogens (tertiary/aromatic N) is 3. The Labute approximate surface area is 130 Å². The van der Waals surface area contributed by atoms with Crippen molar-refractivity contribution in [3.05, 3.63) is 71.6 Å². The summed E-state index contributed by atoms with van der Waals surface area (Å²) in [6.45, 7) is 3.53. The van der Waals surface area contributed by atoms with E-state index in [1.807, 2.05) is 43.4 Å². The van der Waals surface area contributed by atoms with Crippen molar-refractivity contribution < 1.29 is 4.42 Å². The lowest BCUT2D eigenvalue weighted by Gasteiger charge is -2.13. The number of rotatable bonds is 5. The molecule has 0 aliphatic heterocycles. The molecule has 1 heterocycles. The van der Waals surface area contributed by atoms with Gasteiger partial charge in [-0.3, -0.25) is 4.90 Å². The van der Waals surface area contributed by atoms with Crippen LogP contribution in [0, 0.1) is 6.92 Å². The highest BCUT2D eigenvalue weighted by molar-refractivity contribution is 5.53. The fraction of sp³-hybridized carbons (Fsp3) is 0.222. The SMILES string of the molecule is Cc1cccc(-c2nnc(CN(C)Cc3ccccc3)o2)c1. The highest BCUT2D eigenvalue weighted by Crippen LogP contribution is 2.19. The van der Waals surface area contributed by atoms with E-state index < -0.39 is 0 Å². The van der Waals surface area contributed by atoms with Crippen LogP contribution in [0.1, 0.15) is 17.0 Å². The smallest absolute Gasteiger partial charge is 0.247 e. The minimum atomic E-state index is 0.576. The molecule has 0 amide bonds. The van der Waals surface area contributed by atoms with Crippen LogP contribution in [0.15, 0.2) is 59.0 Å². The van der Waals surface area contributed by atoms with E-state index >= 15 is 0 Å². The van der Waals surface area contributed by atoms with E-state index in [1.165, 1.54) is 11.1 Å². The third-order valence-corrected chi connectivity index (χ3v) is 3.43. The number of benzene rings is 2. The molecule has 1 aromatic heterocycles. The lowest BCUT2D eigenvalue weighted by molar-refractivity contribution is 0.283. The molecule has 112 valence electrons. The zero-order chi connectivity index (χ0) is 15.4. The second kappa shape index (κ2) is 6.54. The highest BCUT2D eigenvalue weighted by Gasteiger charge is 2.11. The van der Waals surface area contributed by atoms with Crippen molar-refractivity contribution in [1.82, 2.24) is 15.1 Å². The predicted molar refractivity (Wildman–Crippen MR) is 86.1 cm³/mol. The van der Waals surface area contributed by atoms with Crippen molar-refractivity contribution in [3.8, 4) is 11.5 Å². The molecule has 3 aromatic rings. The Morgan fingerprint density at radius 3 is 2.55 bits per heavy atom. The van der Waals surface area contributed by atoms with Crippen molar-refractivity contribution in [1.29, 1.82) is 0 Å². The summed E-state index contributed by atoms with van der Waals surface area (Å²) in [5.74, 6) is 1.21. The van der Waals surface area contributed by atoms with Crippen LogP contribution in [0.5, 0.6) is 0 Å². The highest BCUT2D eigenvalue weighted by atomic mass is 16.4. The third kappa shape index (κ3) is 3.59. The van der Waals surface area contributed by atoms with E-state index in [0.29, 0.717) is 18.3 Å². The molecule has 0 fully saturated rings. The normalized spacial score (nSPS) is 11.0. The second-order valence-corrected chi connectivity index (χ2v) is 5.53. The van der Waals surface area contributed by atoms with Crippen LogP contribution in [0.2, 0.25) is 0 Å². The molecule has 0 spiro atoms. The van der Waals surface area contributed by atoms with Crippen LogP contribution in [0.25, 0.3) is 11.5 Å². The van der Waals surface area contributed by atoms with Crippen LogP contribution in [-0.2, 0) is 13.1 Å². The second-order valence-electron chi connectivity index (χ2n) is 5.53. The van der Waals surface area contributed by atoms with Gasteiger partial charge in [0.25, 0.3) is 0 Å². The van der Waals surface area contributed by atoms with Gasteiger partial charge in [0.1, 0.15) is 0 Å². The molecular formula is C18H19N3O. The average Bonchev–Trinajstić information content (AvgIpc) is 2.96. The van der Waals surface area contributed by atoms with Crippen molar-refractivity contribution in [3.63, 3.8) is 0 Å². The van der Waals surface area contributed by atoms with Crippen LogP contribution in [-0.4, -0.2) is 22.1 Å². The summed E-state index contributed by atoms with van der Waals surface area (Å²) in [7, 11) is 2.05. The van der Waals surface area contributed by atoms with Gasteiger partial charge in [0.15, 0.2) is 0 Å². The summed E-state index contributed by atoms with van der Waals surface area (Å²) in [6.07, 6.45) is 0. The Bertz CT molecular complexity index is 737. The van der Waals surface area contributed by atoms with E-state index in [4.69, 9.17) is 4.42 Å². The molecule has 0 atom stereocenters. The molecule has 2 aromatic carbocycles. The Balaban J connectivity index is 1.66. The van der Waals surface area contributed by atoms with Crippen LogP contribution in [0.4, 0.5) is 0 Å². The maximum absolute atomic E-state index is 5.77. The van der Waals surface area contributed by atoms with Crippen molar-refractivity contribution in [2.75, 3.05) is 7.05 Å². The van der Waals surface area contributed by atoms with E-state index in [1.54, 1.807) is 0 Å².